The van der Waals surface area contributed by atoms with E-state index in [9.17, 15) is 20.2 Å². The second kappa shape index (κ2) is 5.03. The quantitative estimate of drug-likeness (QED) is 0.178. The van der Waals surface area contributed by atoms with Gasteiger partial charge in [-0.2, -0.15) is 0 Å². The van der Waals surface area contributed by atoms with Gasteiger partial charge in [-0.3, -0.25) is 20.2 Å². The summed E-state index contributed by atoms with van der Waals surface area (Å²) in [5.41, 5.74) is -2.47. The fourth-order valence-corrected chi connectivity index (χ4v) is 1.09. The molecule has 0 fully saturated rings. The molecule has 0 rings (SSSR count). The first-order chi connectivity index (χ1) is 6.90. The van der Waals surface area contributed by atoms with Crippen LogP contribution in [0.4, 0.5) is 0 Å². The van der Waals surface area contributed by atoms with Crippen LogP contribution in [-0.4, -0.2) is 26.4 Å². The molecule has 0 aliphatic carbocycles. The Balaban J connectivity index is 5.22. The lowest BCUT2D eigenvalue weighted by atomic mass is 10.0. The van der Waals surface area contributed by atoms with Gasteiger partial charge in [0.05, 0.1) is 15.6 Å². The molecule has 0 aromatic heterocycles. The Labute approximate surface area is 85.2 Å². The molecule has 0 atom stereocenters. The summed E-state index contributed by atoms with van der Waals surface area (Å²) in [6.45, 7) is 4.50. The van der Waals surface area contributed by atoms with Gasteiger partial charge in [0, 0.05) is 0 Å². The van der Waals surface area contributed by atoms with E-state index >= 15 is 0 Å². The Morgan fingerprint density at radius 2 is 2.00 bits per heavy atom. The summed E-state index contributed by atoms with van der Waals surface area (Å²) in [5, 5.41) is 32.4. The highest BCUT2D eigenvalue weighted by Crippen LogP contribution is 2.22. The standard InChI is InChI=1S/C7H11N3O5/c1-3-4-7(9(12)13,10(14)15)5-6(2)8-11/h3,11H,1,4-5H2,2H3. The molecule has 0 unspecified atom stereocenters. The highest BCUT2D eigenvalue weighted by molar-refractivity contribution is 5.81. The molecule has 0 spiro atoms. The van der Waals surface area contributed by atoms with Gasteiger partial charge in [0.25, 0.3) is 0 Å². The van der Waals surface area contributed by atoms with Crippen molar-refractivity contribution in [1.29, 1.82) is 0 Å². The van der Waals surface area contributed by atoms with Crippen LogP contribution in [0, 0.1) is 20.2 Å². The summed E-state index contributed by atoms with van der Waals surface area (Å²) in [6, 6.07) is 0. The van der Waals surface area contributed by atoms with Crippen molar-refractivity contribution in [3.05, 3.63) is 32.9 Å². The fourth-order valence-electron chi connectivity index (χ4n) is 1.09. The molecule has 0 amide bonds. The van der Waals surface area contributed by atoms with Crippen LogP contribution < -0.4 is 0 Å². The van der Waals surface area contributed by atoms with Crippen LogP contribution in [-0.2, 0) is 0 Å². The van der Waals surface area contributed by atoms with Crippen molar-refractivity contribution in [3.63, 3.8) is 0 Å². The number of nitrogens with zero attached hydrogens (tertiary/aromatic N) is 3. The third-order valence-electron chi connectivity index (χ3n) is 1.86. The van der Waals surface area contributed by atoms with Crippen molar-refractivity contribution >= 4 is 5.71 Å². The van der Waals surface area contributed by atoms with Crippen molar-refractivity contribution in [2.24, 2.45) is 5.16 Å². The van der Waals surface area contributed by atoms with Gasteiger partial charge >= 0.3 is 5.66 Å². The van der Waals surface area contributed by atoms with Crippen molar-refractivity contribution in [2.75, 3.05) is 0 Å². The van der Waals surface area contributed by atoms with E-state index < -0.39 is 28.4 Å². The molecule has 8 nitrogen and oxygen atoms in total. The van der Waals surface area contributed by atoms with Crippen LogP contribution in [0.5, 0.6) is 0 Å². The Kier molecular flexibility index (Phi) is 4.36. The molecule has 0 aliphatic rings. The van der Waals surface area contributed by atoms with Gasteiger partial charge in [0.2, 0.25) is 0 Å². The van der Waals surface area contributed by atoms with Crippen LogP contribution in [0.3, 0.4) is 0 Å². The number of rotatable bonds is 6. The number of hydrogen-bond acceptors (Lipinski definition) is 6. The molecule has 0 heterocycles. The van der Waals surface area contributed by atoms with Gasteiger partial charge in [-0.25, -0.2) is 0 Å². The van der Waals surface area contributed by atoms with Crippen molar-refractivity contribution in [1.82, 2.24) is 0 Å². The largest absolute Gasteiger partial charge is 0.467 e. The lowest BCUT2D eigenvalue weighted by molar-refractivity contribution is -0.794. The normalized spacial score (nSPS) is 12.2. The van der Waals surface area contributed by atoms with E-state index in [4.69, 9.17) is 5.21 Å². The Bertz CT molecular complexity index is 298. The maximum Gasteiger partial charge on any atom is 0.467 e. The molecule has 0 aliphatic heterocycles. The first-order valence-corrected chi connectivity index (χ1v) is 3.98. The number of nitro groups is 2. The van der Waals surface area contributed by atoms with Crippen LogP contribution in [0.15, 0.2) is 17.8 Å². The van der Waals surface area contributed by atoms with Gasteiger partial charge < -0.3 is 5.21 Å². The molecular weight excluding hydrogens is 206 g/mol. The minimum absolute atomic E-state index is 0.0785. The zero-order chi connectivity index (χ0) is 12.1. The third-order valence-corrected chi connectivity index (χ3v) is 1.86. The van der Waals surface area contributed by atoms with Crippen molar-refractivity contribution in [2.45, 2.75) is 25.4 Å². The first-order valence-electron chi connectivity index (χ1n) is 3.98. The van der Waals surface area contributed by atoms with Gasteiger partial charge in [-0.1, -0.05) is 11.2 Å². The number of hydrogen-bond donors (Lipinski definition) is 1. The lowest BCUT2D eigenvalue weighted by Gasteiger charge is -2.14. The van der Waals surface area contributed by atoms with Gasteiger partial charge in [-0.05, 0) is 6.92 Å². The average molecular weight is 217 g/mol. The van der Waals surface area contributed by atoms with Crippen molar-refractivity contribution < 1.29 is 15.1 Å². The molecule has 0 saturated heterocycles. The van der Waals surface area contributed by atoms with E-state index in [-0.39, 0.29) is 5.71 Å². The van der Waals surface area contributed by atoms with Crippen molar-refractivity contribution in [3.8, 4) is 0 Å². The molecule has 0 aromatic rings. The van der Waals surface area contributed by atoms with Crippen LogP contribution in [0.25, 0.3) is 0 Å². The molecule has 1 N–H and O–H groups in total. The van der Waals surface area contributed by atoms with Crippen LogP contribution in [0.1, 0.15) is 19.8 Å². The summed E-state index contributed by atoms with van der Waals surface area (Å²) >= 11 is 0. The van der Waals surface area contributed by atoms with E-state index in [1.165, 1.54) is 6.92 Å². The van der Waals surface area contributed by atoms with Gasteiger partial charge in [0.15, 0.2) is 0 Å². The Morgan fingerprint density at radius 1 is 1.53 bits per heavy atom. The molecule has 0 bridgehead atoms. The summed E-state index contributed by atoms with van der Waals surface area (Å²) in [4.78, 5) is 19.4. The minimum atomic E-state index is -2.39. The topological polar surface area (TPSA) is 119 Å². The highest BCUT2D eigenvalue weighted by atomic mass is 16.7. The van der Waals surface area contributed by atoms with E-state index in [2.05, 4.69) is 11.7 Å². The van der Waals surface area contributed by atoms with E-state index in [0.717, 1.165) is 6.08 Å². The first kappa shape index (κ1) is 13.0. The Hall–Kier alpha value is -1.99. The monoisotopic (exact) mass is 217 g/mol. The van der Waals surface area contributed by atoms with Gasteiger partial charge in [-0.15, -0.1) is 6.58 Å². The van der Waals surface area contributed by atoms with Crippen LogP contribution in [0.2, 0.25) is 0 Å². The molecule has 0 radical (unpaired) electrons. The summed E-state index contributed by atoms with van der Waals surface area (Å²) in [7, 11) is 0. The smallest absolute Gasteiger partial charge is 0.411 e. The molecule has 8 heteroatoms. The number of oxime groups is 1. The molecule has 0 saturated carbocycles. The lowest BCUT2D eigenvalue weighted by Crippen LogP contribution is -2.47. The summed E-state index contributed by atoms with van der Waals surface area (Å²) in [6.07, 6.45) is 0.103. The maximum absolute atomic E-state index is 10.7. The van der Waals surface area contributed by atoms with E-state index in [1.54, 1.807) is 0 Å². The zero-order valence-electron chi connectivity index (χ0n) is 8.12. The van der Waals surface area contributed by atoms with E-state index in [0.29, 0.717) is 0 Å². The maximum atomic E-state index is 10.7. The second-order valence-electron chi connectivity index (χ2n) is 3.00. The predicted octanol–water partition coefficient (Wildman–Crippen LogP) is 1.05. The highest BCUT2D eigenvalue weighted by Gasteiger charge is 2.55. The second-order valence-corrected chi connectivity index (χ2v) is 3.00. The molecule has 84 valence electrons. The molecule has 15 heavy (non-hydrogen) atoms. The van der Waals surface area contributed by atoms with Gasteiger partial charge in [0.1, 0.15) is 12.8 Å². The summed E-state index contributed by atoms with van der Waals surface area (Å²) < 4.78 is 0. The average Bonchev–Trinajstić information content (AvgIpc) is 2.15. The SMILES string of the molecule is C=CCC(CC(C)=NO)([N+](=O)[O-])[N+](=O)[O-]. The third kappa shape index (κ3) is 2.73. The molecular formula is C7H11N3O5. The van der Waals surface area contributed by atoms with Crippen LogP contribution >= 0.6 is 0 Å². The fraction of sp³-hybridized carbons (Fsp3) is 0.571. The zero-order valence-corrected chi connectivity index (χ0v) is 8.12. The predicted molar refractivity (Wildman–Crippen MR) is 51.0 cm³/mol. The summed E-state index contributed by atoms with van der Waals surface area (Å²) in [5.74, 6) is 0. The van der Waals surface area contributed by atoms with E-state index in [1.807, 2.05) is 0 Å². The Morgan fingerprint density at radius 3 is 2.27 bits per heavy atom. The molecule has 0 aromatic carbocycles. The minimum Gasteiger partial charge on any atom is -0.411 e.